The number of nitrogens with zero attached hydrogens (tertiary/aromatic N) is 3. The number of aryl methyl sites for hydroxylation is 1. The molecule has 0 bridgehead atoms. The van der Waals surface area contributed by atoms with Crippen LogP contribution in [0.4, 0.5) is 17.6 Å². The highest BCUT2D eigenvalue weighted by Crippen LogP contribution is 2.38. The average Bonchev–Trinajstić information content (AvgIpc) is 3.62. The van der Waals surface area contributed by atoms with E-state index in [9.17, 15) is 52.2 Å². The Hall–Kier alpha value is -3.23. The Morgan fingerprint density at radius 1 is 0.875 bits per heavy atom. The Kier molecular flexibility index (Phi) is 23.3. The van der Waals surface area contributed by atoms with Crippen molar-refractivity contribution in [1.82, 2.24) is 19.4 Å². The normalized spacial score (nSPS) is 21.1. The Balaban J connectivity index is 0.000000444. The highest BCUT2D eigenvalue weighted by Gasteiger charge is 2.38. The molecule has 12 atom stereocenters. The van der Waals surface area contributed by atoms with Crippen molar-refractivity contribution in [3.8, 4) is 0 Å². The summed E-state index contributed by atoms with van der Waals surface area (Å²) in [5.41, 5.74) is -0.320. The van der Waals surface area contributed by atoms with Crippen LogP contribution in [-0.2, 0) is 26.8 Å². The van der Waals surface area contributed by atoms with Gasteiger partial charge in [-0.25, -0.2) is 9.18 Å². The molecule has 0 radical (unpaired) electrons. The number of rotatable bonds is 19. The fourth-order valence-corrected chi connectivity index (χ4v) is 7.09. The van der Waals surface area contributed by atoms with Crippen LogP contribution >= 0.6 is 7.52 Å². The zero-order valence-corrected chi connectivity index (χ0v) is 37.0. The van der Waals surface area contributed by atoms with Crippen LogP contribution in [0, 0.1) is 12.7 Å². The number of aromatic nitrogens is 3. The molecule has 2 heterocycles. The van der Waals surface area contributed by atoms with Crippen molar-refractivity contribution >= 4 is 7.52 Å². The standard InChI is InChI=1S/C24H27F4N4O5P.2C8H18O5/c1-14-10-17(12-18(11-14)24(26,27)28)15(2)37-22-21(16-4-6-19(25)7-5-16)31(8-9-36-22)13-20-29-23(33)32(30-20)38(3,34)35;2*1-2-3-5(10)7(12)8(13)6(11)4-9/h4-7,10-12,15,21-22H,8-9,13H2,1-3H3,(H,34,35)(H,29,30,33);2*5-13H,2-4H2,1H3/t15-,21+,22-;2*5-,6+,7+,8+/m100/s1. The zero-order valence-electron chi connectivity index (χ0n) is 36.1. The van der Waals surface area contributed by atoms with E-state index in [0.717, 1.165) is 18.8 Å². The Morgan fingerprint density at radius 2 is 1.38 bits per heavy atom. The number of hydrogen-bond donors (Lipinski definition) is 12. The van der Waals surface area contributed by atoms with Crippen LogP contribution in [0.15, 0.2) is 47.3 Å². The topological polar surface area (TPSA) is 312 Å². The average molecular weight is 947 g/mol. The second kappa shape index (κ2) is 26.2. The molecule has 64 heavy (non-hydrogen) atoms. The molecule has 12 N–H and O–H groups in total. The summed E-state index contributed by atoms with van der Waals surface area (Å²) in [5.74, 6) is -0.354. The molecule has 1 aromatic heterocycles. The van der Waals surface area contributed by atoms with Gasteiger partial charge in [0.1, 0.15) is 48.3 Å². The number of ether oxygens (including phenoxy) is 2. The number of hydrogen-bond acceptors (Lipinski definition) is 16. The maximum atomic E-state index is 13.7. The van der Waals surface area contributed by atoms with E-state index in [1.807, 2.05) is 18.7 Å². The lowest BCUT2D eigenvalue weighted by Gasteiger charge is -2.41. The Morgan fingerprint density at radius 3 is 1.81 bits per heavy atom. The molecule has 19 nitrogen and oxygen atoms in total. The van der Waals surface area contributed by atoms with Crippen LogP contribution in [-0.4, -0.2) is 164 Å². The number of benzene rings is 2. The molecular formula is C40H63F4N4O15P. The molecule has 3 aromatic rings. The first-order valence-corrected chi connectivity index (χ1v) is 22.5. The van der Waals surface area contributed by atoms with Gasteiger partial charge in [0.05, 0.1) is 56.3 Å². The number of halogens is 4. The molecule has 24 heteroatoms. The first-order valence-electron chi connectivity index (χ1n) is 20.4. The molecule has 366 valence electrons. The maximum Gasteiger partial charge on any atom is 0.416 e. The number of morpholine rings is 1. The number of alkyl halides is 3. The Labute approximate surface area is 367 Å². The third-order valence-corrected chi connectivity index (χ3v) is 10.9. The molecule has 1 aliphatic rings. The summed E-state index contributed by atoms with van der Waals surface area (Å²) < 4.78 is 78.3. The highest BCUT2D eigenvalue weighted by atomic mass is 31.2. The molecule has 0 saturated carbocycles. The predicted octanol–water partition coefficient (Wildman–Crippen LogP) is 0.823. The quantitative estimate of drug-likeness (QED) is 0.0585. The molecule has 0 amide bonds. The molecule has 2 aromatic carbocycles. The summed E-state index contributed by atoms with van der Waals surface area (Å²) in [4.78, 5) is 26.2. The van der Waals surface area contributed by atoms with Crippen LogP contribution < -0.4 is 5.69 Å². The number of H-pyrrole nitrogens is 1. The summed E-state index contributed by atoms with van der Waals surface area (Å²) in [6, 6.07) is 8.60. The van der Waals surface area contributed by atoms with Gasteiger partial charge in [0.2, 0.25) is 0 Å². The van der Waals surface area contributed by atoms with Crippen molar-refractivity contribution in [3.63, 3.8) is 0 Å². The van der Waals surface area contributed by atoms with Crippen molar-refractivity contribution in [1.29, 1.82) is 0 Å². The van der Waals surface area contributed by atoms with Crippen LogP contribution in [0.1, 0.15) is 86.7 Å². The molecule has 4 rings (SSSR count). The Bertz CT molecular complexity index is 1890. The second-order valence-corrected chi connectivity index (χ2v) is 17.4. The molecule has 1 fully saturated rings. The maximum absolute atomic E-state index is 13.7. The number of aliphatic hydroxyl groups is 10. The van der Waals surface area contributed by atoms with E-state index in [4.69, 9.17) is 40.1 Å². The van der Waals surface area contributed by atoms with Gasteiger partial charge in [-0.15, -0.1) is 9.55 Å². The number of aromatic amines is 1. The van der Waals surface area contributed by atoms with E-state index in [2.05, 4.69) is 10.1 Å². The third kappa shape index (κ3) is 17.2. The van der Waals surface area contributed by atoms with E-state index in [1.54, 1.807) is 19.9 Å². The van der Waals surface area contributed by atoms with Crippen molar-refractivity contribution in [2.75, 3.05) is 33.0 Å². The molecule has 1 aliphatic heterocycles. The lowest BCUT2D eigenvalue weighted by molar-refractivity contribution is -0.231. The fraction of sp³-hybridized carbons (Fsp3) is 0.650. The first kappa shape index (κ1) is 56.9. The largest absolute Gasteiger partial charge is 0.416 e. The van der Waals surface area contributed by atoms with Gasteiger partial charge in [0.15, 0.2) is 6.29 Å². The summed E-state index contributed by atoms with van der Waals surface area (Å²) in [6.45, 7) is 7.04. The molecule has 1 unspecified atom stereocenters. The third-order valence-electron chi connectivity index (χ3n) is 9.93. The van der Waals surface area contributed by atoms with Crippen LogP contribution in [0.3, 0.4) is 0 Å². The van der Waals surface area contributed by atoms with E-state index < -0.39 is 111 Å². The summed E-state index contributed by atoms with van der Waals surface area (Å²) >= 11 is 0. The van der Waals surface area contributed by atoms with Crippen LogP contribution in [0.5, 0.6) is 0 Å². The van der Waals surface area contributed by atoms with Gasteiger partial charge in [0.25, 0.3) is 0 Å². The van der Waals surface area contributed by atoms with E-state index in [-0.39, 0.29) is 19.0 Å². The SMILES string of the molecule is CCC[C@H](O)[C@@H](O)[C@H](O)[C@H](O)CO.CCC[C@H](O)[C@@H](O)[C@H](O)[C@H](O)CO.Cc1cc([C@@H](C)O[C@H]2OCCN(Cc3nn(P(C)(=O)O)c(=O)[nH]3)[C@H]2c2ccc(F)cc2)cc(C(F)(F)F)c1. The summed E-state index contributed by atoms with van der Waals surface area (Å²) in [6.07, 6.45) is -15.1. The monoisotopic (exact) mass is 946 g/mol. The van der Waals surface area contributed by atoms with Gasteiger partial charge in [-0.1, -0.05) is 50.5 Å². The zero-order chi connectivity index (χ0) is 48.7. The molecule has 1 saturated heterocycles. The van der Waals surface area contributed by atoms with E-state index in [0.29, 0.717) is 53.4 Å². The lowest BCUT2D eigenvalue weighted by atomic mass is 10.0. The van der Waals surface area contributed by atoms with Gasteiger partial charge < -0.3 is 65.4 Å². The predicted molar refractivity (Wildman–Crippen MR) is 221 cm³/mol. The number of aliphatic hydroxyl groups excluding tert-OH is 10. The minimum absolute atomic E-state index is 0.0184. The highest BCUT2D eigenvalue weighted by molar-refractivity contribution is 7.55. The van der Waals surface area contributed by atoms with Crippen molar-refractivity contribution in [2.45, 2.75) is 133 Å². The van der Waals surface area contributed by atoms with Crippen molar-refractivity contribution in [3.05, 3.63) is 86.8 Å². The lowest BCUT2D eigenvalue weighted by Crippen LogP contribution is -2.46. The summed E-state index contributed by atoms with van der Waals surface area (Å²) in [5, 5.41) is 94.0. The van der Waals surface area contributed by atoms with Gasteiger partial charge in [-0.05, 0) is 62.1 Å². The molecule has 0 spiro atoms. The molecular weight excluding hydrogens is 883 g/mol. The minimum atomic E-state index is -4.52. The number of nitrogens with one attached hydrogen (secondary N) is 1. The summed E-state index contributed by atoms with van der Waals surface area (Å²) in [7, 11) is -3.98. The van der Waals surface area contributed by atoms with E-state index in [1.165, 1.54) is 24.3 Å². The smallest absolute Gasteiger partial charge is 0.394 e. The first-order chi connectivity index (χ1) is 29.8. The van der Waals surface area contributed by atoms with Gasteiger partial charge in [-0.3, -0.25) is 14.4 Å². The second-order valence-electron chi connectivity index (χ2n) is 15.4. The van der Waals surface area contributed by atoms with E-state index >= 15 is 0 Å². The van der Waals surface area contributed by atoms with Gasteiger partial charge >= 0.3 is 19.4 Å². The van der Waals surface area contributed by atoms with Crippen molar-refractivity contribution < 1.29 is 87.6 Å². The van der Waals surface area contributed by atoms with Crippen LogP contribution in [0.25, 0.3) is 0 Å². The fourth-order valence-electron chi connectivity index (χ4n) is 6.43. The molecule has 0 aliphatic carbocycles. The van der Waals surface area contributed by atoms with Crippen LogP contribution in [0.2, 0.25) is 0 Å². The van der Waals surface area contributed by atoms with Gasteiger partial charge in [-0.2, -0.15) is 13.2 Å². The van der Waals surface area contributed by atoms with Gasteiger partial charge in [0, 0.05) is 13.2 Å². The van der Waals surface area contributed by atoms with Crippen molar-refractivity contribution in [2.24, 2.45) is 0 Å². The minimum Gasteiger partial charge on any atom is -0.394 e.